The van der Waals surface area contributed by atoms with Gasteiger partial charge in [0.25, 0.3) is 0 Å². The van der Waals surface area contributed by atoms with Crippen LogP contribution in [0.1, 0.15) is 11.1 Å². The zero-order valence-corrected chi connectivity index (χ0v) is 15.1. The van der Waals surface area contributed by atoms with Gasteiger partial charge >= 0.3 is 5.69 Å². The molecule has 11 nitrogen and oxygen atoms in total. The Bertz CT molecular complexity index is 1310. The summed E-state index contributed by atoms with van der Waals surface area (Å²) in [4.78, 5) is 22.8. The Morgan fingerprint density at radius 3 is 2.86 bits per heavy atom. The van der Waals surface area contributed by atoms with Gasteiger partial charge in [0.15, 0.2) is 11.6 Å². The second kappa shape index (κ2) is 6.86. The van der Waals surface area contributed by atoms with Gasteiger partial charge in [0.2, 0.25) is 11.6 Å². The van der Waals surface area contributed by atoms with Crippen LogP contribution in [0.5, 0.6) is 0 Å². The average Bonchev–Trinajstić information content (AvgIpc) is 3.10. The molecule has 0 atom stereocenters. The fourth-order valence-corrected chi connectivity index (χ4v) is 2.94. The number of para-hydroxylation sites is 1. The van der Waals surface area contributed by atoms with Crippen LogP contribution >= 0.6 is 0 Å². The fraction of sp³-hybridized carbons (Fsp3) is 0.0556. The molecule has 0 aliphatic carbocycles. The van der Waals surface area contributed by atoms with E-state index < -0.39 is 10.6 Å². The van der Waals surface area contributed by atoms with Crippen LogP contribution in [-0.2, 0) is 0 Å². The second-order valence-electron chi connectivity index (χ2n) is 6.08. The van der Waals surface area contributed by atoms with Gasteiger partial charge in [-0.3, -0.25) is 10.1 Å². The van der Waals surface area contributed by atoms with Crippen molar-refractivity contribution < 1.29 is 4.92 Å². The lowest BCUT2D eigenvalue weighted by Gasteiger charge is -2.11. The molecule has 0 amide bonds. The second-order valence-corrected chi connectivity index (χ2v) is 6.08. The lowest BCUT2D eigenvalue weighted by molar-refractivity contribution is -0.383. The van der Waals surface area contributed by atoms with E-state index in [1.165, 1.54) is 10.9 Å². The molecule has 29 heavy (non-hydrogen) atoms. The SMILES string of the molecule is Cc1cc(-n2ncc(C#N)c2Nc2ncnc(N)c2[N+](=O)[O-])nc2ccccc12. The Balaban J connectivity index is 1.88. The zero-order valence-electron chi connectivity index (χ0n) is 15.1. The third kappa shape index (κ3) is 3.04. The third-order valence-corrected chi connectivity index (χ3v) is 4.29. The van der Waals surface area contributed by atoms with Crippen molar-refractivity contribution in [3.8, 4) is 11.9 Å². The van der Waals surface area contributed by atoms with E-state index in [0.29, 0.717) is 5.82 Å². The molecule has 0 radical (unpaired) electrons. The molecule has 3 aromatic heterocycles. The van der Waals surface area contributed by atoms with Crippen molar-refractivity contribution in [2.24, 2.45) is 0 Å². The highest BCUT2D eigenvalue weighted by Crippen LogP contribution is 2.31. The van der Waals surface area contributed by atoms with Gasteiger partial charge in [-0.05, 0) is 24.6 Å². The van der Waals surface area contributed by atoms with Crippen LogP contribution in [-0.4, -0.2) is 29.7 Å². The Hall–Kier alpha value is -4.59. The van der Waals surface area contributed by atoms with Gasteiger partial charge in [0, 0.05) is 5.39 Å². The molecule has 0 bridgehead atoms. The maximum Gasteiger partial charge on any atom is 0.353 e. The van der Waals surface area contributed by atoms with Crippen molar-refractivity contribution in [2.75, 3.05) is 11.1 Å². The molecular formula is C18H13N9O2. The summed E-state index contributed by atoms with van der Waals surface area (Å²) in [5.41, 5.74) is 6.99. The molecule has 1 aromatic carbocycles. The van der Waals surface area contributed by atoms with Crippen molar-refractivity contribution in [1.82, 2.24) is 24.7 Å². The normalized spacial score (nSPS) is 10.6. The molecule has 4 aromatic rings. The minimum atomic E-state index is -0.692. The quantitative estimate of drug-likeness (QED) is 0.396. The standard InChI is InChI=1S/C18H13N9O2/c1-10-6-14(24-13-5-3-2-4-12(10)13)26-18(11(7-19)8-23-26)25-17-15(27(28)29)16(20)21-9-22-17/h2-6,8-9H,1H3,(H3,20,21,22,25). The minimum Gasteiger partial charge on any atom is -0.378 e. The maximum atomic E-state index is 11.4. The van der Waals surface area contributed by atoms with E-state index in [0.717, 1.165) is 22.8 Å². The molecule has 0 spiro atoms. The van der Waals surface area contributed by atoms with Crippen molar-refractivity contribution in [3.63, 3.8) is 0 Å². The van der Waals surface area contributed by atoms with E-state index >= 15 is 0 Å². The molecule has 3 heterocycles. The van der Waals surface area contributed by atoms with Gasteiger partial charge < -0.3 is 11.1 Å². The molecule has 11 heteroatoms. The predicted octanol–water partition coefficient (Wildman–Crippen LogP) is 2.62. The van der Waals surface area contributed by atoms with E-state index in [1.54, 1.807) is 0 Å². The number of benzene rings is 1. The zero-order chi connectivity index (χ0) is 20.5. The number of nitro groups is 1. The van der Waals surface area contributed by atoms with Crippen LogP contribution in [0.15, 0.2) is 42.9 Å². The number of fused-ring (bicyclic) bond motifs is 1. The maximum absolute atomic E-state index is 11.4. The lowest BCUT2D eigenvalue weighted by atomic mass is 10.1. The summed E-state index contributed by atoms with van der Waals surface area (Å²) >= 11 is 0. The average molecular weight is 387 g/mol. The first-order valence-corrected chi connectivity index (χ1v) is 8.36. The summed E-state index contributed by atoms with van der Waals surface area (Å²) in [5, 5.41) is 28.8. The van der Waals surface area contributed by atoms with Crippen LogP contribution in [0.2, 0.25) is 0 Å². The topological polar surface area (TPSA) is 161 Å². The van der Waals surface area contributed by atoms with Crippen molar-refractivity contribution in [3.05, 3.63) is 64.1 Å². The Morgan fingerprint density at radius 2 is 2.10 bits per heavy atom. The number of aryl methyl sites for hydroxylation is 1. The highest BCUT2D eigenvalue weighted by Gasteiger charge is 2.24. The van der Waals surface area contributed by atoms with Crippen LogP contribution in [0.3, 0.4) is 0 Å². The van der Waals surface area contributed by atoms with Gasteiger partial charge in [-0.1, -0.05) is 18.2 Å². The van der Waals surface area contributed by atoms with E-state index in [9.17, 15) is 15.4 Å². The van der Waals surface area contributed by atoms with Crippen LogP contribution in [0.25, 0.3) is 16.7 Å². The Kier molecular flexibility index (Phi) is 4.21. The lowest BCUT2D eigenvalue weighted by Crippen LogP contribution is -2.09. The number of hydrogen-bond acceptors (Lipinski definition) is 9. The number of rotatable bonds is 4. The molecule has 0 fully saturated rings. The first-order valence-electron chi connectivity index (χ1n) is 8.36. The first kappa shape index (κ1) is 17.8. The molecule has 0 aliphatic heterocycles. The smallest absolute Gasteiger partial charge is 0.353 e. The summed E-state index contributed by atoms with van der Waals surface area (Å²) < 4.78 is 1.39. The predicted molar refractivity (Wildman–Crippen MR) is 105 cm³/mol. The first-order chi connectivity index (χ1) is 14.0. The van der Waals surface area contributed by atoms with Gasteiger partial charge in [-0.2, -0.15) is 15.0 Å². The number of hydrogen-bond donors (Lipinski definition) is 2. The van der Waals surface area contributed by atoms with E-state index in [4.69, 9.17) is 5.73 Å². The molecule has 0 saturated carbocycles. The third-order valence-electron chi connectivity index (χ3n) is 4.29. The summed E-state index contributed by atoms with van der Waals surface area (Å²) in [6, 6.07) is 11.4. The summed E-state index contributed by atoms with van der Waals surface area (Å²) in [7, 11) is 0. The Morgan fingerprint density at radius 1 is 1.31 bits per heavy atom. The molecule has 3 N–H and O–H groups in total. The molecule has 142 valence electrons. The molecule has 0 unspecified atom stereocenters. The molecule has 4 rings (SSSR count). The van der Waals surface area contributed by atoms with Crippen LogP contribution in [0.4, 0.5) is 23.1 Å². The summed E-state index contributed by atoms with van der Waals surface area (Å²) in [6.07, 6.45) is 2.43. The van der Waals surface area contributed by atoms with E-state index in [1.807, 2.05) is 43.3 Å². The van der Waals surface area contributed by atoms with E-state index in [2.05, 4.69) is 25.4 Å². The largest absolute Gasteiger partial charge is 0.378 e. The van der Waals surface area contributed by atoms with Gasteiger partial charge in [-0.25, -0.2) is 15.0 Å². The fourth-order valence-electron chi connectivity index (χ4n) is 2.94. The van der Waals surface area contributed by atoms with Crippen molar-refractivity contribution >= 4 is 34.0 Å². The van der Waals surface area contributed by atoms with E-state index in [-0.39, 0.29) is 23.0 Å². The number of nitrogens with two attached hydrogens (primary N) is 1. The number of nitrogens with one attached hydrogen (secondary N) is 1. The van der Waals surface area contributed by atoms with Gasteiger partial charge in [-0.15, -0.1) is 0 Å². The highest BCUT2D eigenvalue weighted by atomic mass is 16.6. The van der Waals surface area contributed by atoms with Crippen LogP contribution < -0.4 is 11.1 Å². The number of nitrogen functional groups attached to an aromatic ring is 1. The highest BCUT2D eigenvalue weighted by molar-refractivity contribution is 5.83. The van der Waals surface area contributed by atoms with Crippen molar-refractivity contribution in [2.45, 2.75) is 6.92 Å². The number of aromatic nitrogens is 5. The van der Waals surface area contributed by atoms with Gasteiger partial charge in [0.1, 0.15) is 18.0 Å². The Labute approximate surface area is 163 Å². The minimum absolute atomic E-state index is 0.154. The summed E-state index contributed by atoms with van der Waals surface area (Å²) in [5.74, 6) is 0.167. The molecule has 0 aliphatic rings. The van der Waals surface area contributed by atoms with Crippen LogP contribution in [0, 0.1) is 28.4 Å². The molecule has 0 saturated heterocycles. The number of anilines is 3. The monoisotopic (exact) mass is 387 g/mol. The molecular weight excluding hydrogens is 374 g/mol. The summed E-state index contributed by atoms with van der Waals surface area (Å²) in [6.45, 7) is 1.94. The number of nitriles is 1. The number of nitrogens with zero attached hydrogens (tertiary/aromatic N) is 7. The number of pyridine rings is 1. The van der Waals surface area contributed by atoms with Gasteiger partial charge in [0.05, 0.1) is 16.6 Å². The van der Waals surface area contributed by atoms with Crippen molar-refractivity contribution in [1.29, 1.82) is 5.26 Å².